The van der Waals surface area contributed by atoms with Gasteiger partial charge in [-0.3, -0.25) is 0 Å². The maximum Gasteiger partial charge on any atom is 0.110 e. The Bertz CT molecular complexity index is 850. The summed E-state index contributed by atoms with van der Waals surface area (Å²) in [5.74, 6) is 1.52. The van der Waals surface area contributed by atoms with Gasteiger partial charge < -0.3 is 14.6 Å². The Labute approximate surface area is 155 Å². The highest BCUT2D eigenvalue weighted by molar-refractivity contribution is 5.75. The molecule has 4 rings (SSSR count). The SMILES string of the molecule is Cn1c(CCN2CCC([C@@H](O)c3ccccc3)CC2)nc2ccccc21. The number of aliphatic hydroxyl groups is 1. The molecular weight excluding hydrogens is 322 g/mol. The maximum absolute atomic E-state index is 10.6. The number of imidazole rings is 1. The van der Waals surface area contributed by atoms with Crippen LogP contribution in [0.4, 0.5) is 0 Å². The molecular formula is C22H27N3O. The molecule has 1 atom stereocenters. The number of hydrogen-bond donors (Lipinski definition) is 1. The summed E-state index contributed by atoms with van der Waals surface area (Å²) in [6, 6.07) is 18.4. The van der Waals surface area contributed by atoms with Crippen molar-refractivity contribution in [2.24, 2.45) is 13.0 Å². The van der Waals surface area contributed by atoms with Crippen LogP contribution in [-0.4, -0.2) is 39.2 Å². The van der Waals surface area contributed by atoms with E-state index in [0.717, 1.165) is 55.8 Å². The Morgan fingerprint density at radius 3 is 2.46 bits per heavy atom. The lowest BCUT2D eigenvalue weighted by Crippen LogP contribution is -2.37. The predicted octanol–water partition coefficient (Wildman–Crippen LogP) is 3.56. The highest BCUT2D eigenvalue weighted by Gasteiger charge is 2.26. The number of para-hydroxylation sites is 2. The molecule has 0 spiro atoms. The molecule has 1 fully saturated rings. The van der Waals surface area contributed by atoms with Gasteiger partial charge in [0.1, 0.15) is 5.82 Å². The first kappa shape index (κ1) is 17.3. The molecule has 26 heavy (non-hydrogen) atoms. The molecule has 0 saturated carbocycles. The highest BCUT2D eigenvalue weighted by Crippen LogP contribution is 2.30. The van der Waals surface area contributed by atoms with Gasteiger partial charge in [-0.1, -0.05) is 42.5 Å². The van der Waals surface area contributed by atoms with Crippen molar-refractivity contribution in [1.29, 1.82) is 0 Å². The summed E-state index contributed by atoms with van der Waals surface area (Å²) in [5.41, 5.74) is 3.33. The number of likely N-dealkylation sites (tertiary alicyclic amines) is 1. The number of rotatable bonds is 5. The van der Waals surface area contributed by atoms with E-state index in [1.54, 1.807) is 0 Å². The fourth-order valence-electron chi connectivity index (χ4n) is 4.09. The Balaban J connectivity index is 1.32. The number of aliphatic hydroxyl groups excluding tert-OH is 1. The summed E-state index contributed by atoms with van der Waals surface area (Å²) in [4.78, 5) is 7.28. The van der Waals surface area contributed by atoms with E-state index in [-0.39, 0.29) is 6.10 Å². The van der Waals surface area contributed by atoms with Crippen molar-refractivity contribution in [3.05, 3.63) is 66.0 Å². The van der Waals surface area contributed by atoms with Crippen molar-refractivity contribution in [2.45, 2.75) is 25.4 Å². The predicted molar refractivity (Wildman–Crippen MR) is 105 cm³/mol. The Morgan fingerprint density at radius 2 is 1.73 bits per heavy atom. The molecule has 1 aliphatic heterocycles. The number of aryl methyl sites for hydroxylation is 1. The van der Waals surface area contributed by atoms with Gasteiger partial charge in [0, 0.05) is 20.0 Å². The fraction of sp³-hybridized carbons (Fsp3) is 0.409. The molecule has 4 nitrogen and oxygen atoms in total. The van der Waals surface area contributed by atoms with Crippen LogP contribution in [0, 0.1) is 5.92 Å². The molecule has 0 radical (unpaired) electrons. The van der Waals surface area contributed by atoms with E-state index in [4.69, 9.17) is 4.98 Å². The van der Waals surface area contributed by atoms with Crippen molar-refractivity contribution in [1.82, 2.24) is 14.5 Å². The van der Waals surface area contributed by atoms with Crippen LogP contribution in [0.5, 0.6) is 0 Å². The van der Waals surface area contributed by atoms with Crippen molar-refractivity contribution >= 4 is 11.0 Å². The van der Waals surface area contributed by atoms with Crippen LogP contribution < -0.4 is 0 Å². The van der Waals surface area contributed by atoms with Crippen LogP contribution in [0.1, 0.15) is 30.3 Å². The third-order valence-corrected chi connectivity index (χ3v) is 5.75. The lowest BCUT2D eigenvalue weighted by molar-refractivity contribution is 0.0590. The monoisotopic (exact) mass is 349 g/mol. The Hall–Kier alpha value is -2.17. The van der Waals surface area contributed by atoms with Gasteiger partial charge in [-0.15, -0.1) is 0 Å². The molecule has 1 N–H and O–H groups in total. The van der Waals surface area contributed by atoms with Gasteiger partial charge >= 0.3 is 0 Å². The third-order valence-electron chi connectivity index (χ3n) is 5.75. The average molecular weight is 349 g/mol. The van der Waals surface area contributed by atoms with Crippen LogP contribution in [-0.2, 0) is 13.5 Å². The van der Waals surface area contributed by atoms with Crippen molar-refractivity contribution in [3.63, 3.8) is 0 Å². The molecule has 3 aromatic rings. The lowest BCUT2D eigenvalue weighted by Gasteiger charge is -2.34. The summed E-state index contributed by atoms with van der Waals surface area (Å²) in [5, 5.41) is 10.6. The van der Waals surface area contributed by atoms with Gasteiger partial charge in [0.25, 0.3) is 0 Å². The molecule has 136 valence electrons. The molecule has 1 aliphatic rings. The van der Waals surface area contributed by atoms with E-state index in [9.17, 15) is 5.11 Å². The van der Waals surface area contributed by atoms with Crippen LogP contribution in [0.3, 0.4) is 0 Å². The standard InChI is InChI=1S/C22H27N3O/c1-24-20-10-6-5-9-19(20)23-21(24)13-16-25-14-11-18(12-15-25)22(26)17-7-3-2-4-8-17/h2-10,18,22,26H,11-16H2,1H3/t22-/m0/s1. The first-order chi connectivity index (χ1) is 12.7. The highest BCUT2D eigenvalue weighted by atomic mass is 16.3. The number of piperidine rings is 1. The quantitative estimate of drug-likeness (QED) is 0.766. The summed E-state index contributed by atoms with van der Waals surface area (Å²) in [6.45, 7) is 3.14. The summed E-state index contributed by atoms with van der Waals surface area (Å²) in [7, 11) is 2.10. The van der Waals surface area contributed by atoms with E-state index in [1.165, 1.54) is 5.52 Å². The second-order valence-corrected chi connectivity index (χ2v) is 7.36. The normalized spacial score (nSPS) is 17.6. The summed E-state index contributed by atoms with van der Waals surface area (Å²) >= 11 is 0. The van der Waals surface area contributed by atoms with Gasteiger partial charge in [0.15, 0.2) is 0 Å². The van der Waals surface area contributed by atoms with Gasteiger partial charge in [-0.2, -0.15) is 0 Å². The van der Waals surface area contributed by atoms with E-state index in [2.05, 4.69) is 34.7 Å². The van der Waals surface area contributed by atoms with E-state index in [1.807, 2.05) is 36.4 Å². The van der Waals surface area contributed by atoms with Crippen molar-refractivity contribution in [3.8, 4) is 0 Å². The Morgan fingerprint density at radius 1 is 1.04 bits per heavy atom. The zero-order valence-electron chi connectivity index (χ0n) is 15.4. The van der Waals surface area contributed by atoms with E-state index in [0.29, 0.717) is 5.92 Å². The molecule has 1 aromatic heterocycles. The molecule has 0 amide bonds. The topological polar surface area (TPSA) is 41.3 Å². The minimum absolute atomic E-state index is 0.335. The van der Waals surface area contributed by atoms with Gasteiger partial charge in [-0.25, -0.2) is 4.98 Å². The minimum atomic E-state index is -0.335. The molecule has 0 unspecified atom stereocenters. The molecule has 1 saturated heterocycles. The van der Waals surface area contributed by atoms with Crippen molar-refractivity contribution < 1.29 is 5.11 Å². The first-order valence-electron chi connectivity index (χ1n) is 9.58. The number of fused-ring (bicyclic) bond motifs is 1. The zero-order chi connectivity index (χ0) is 17.9. The number of nitrogens with zero attached hydrogens (tertiary/aromatic N) is 3. The first-order valence-corrected chi connectivity index (χ1v) is 9.58. The fourth-order valence-corrected chi connectivity index (χ4v) is 4.09. The number of aromatic nitrogens is 2. The van der Waals surface area contributed by atoms with Crippen LogP contribution in [0.2, 0.25) is 0 Å². The summed E-state index contributed by atoms with van der Waals surface area (Å²) < 4.78 is 2.21. The largest absolute Gasteiger partial charge is 0.388 e. The lowest BCUT2D eigenvalue weighted by atomic mass is 9.87. The number of hydrogen-bond acceptors (Lipinski definition) is 3. The molecule has 0 bridgehead atoms. The molecule has 2 heterocycles. The van der Waals surface area contributed by atoms with Crippen molar-refractivity contribution in [2.75, 3.05) is 19.6 Å². The smallest absolute Gasteiger partial charge is 0.110 e. The van der Waals surface area contributed by atoms with Crippen LogP contribution in [0.15, 0.2) is 54.6 Å². The second kappa shape index (κ2) is 7.60. The van der Waals surface area contributed by atoms with Crippen LogP contribution >= 0.6 is 0 Å². The minimum Gasteiger partial charge on any atom is -0.388 e. The molecule has 0 aliphatic carbocycles. The Kier molecular flexibility index (Phi) is 5.05. The summed E-state index contributed by atoms with van der Waals surface area (Å²) in [6.07, 6.45) is 2.74. The maximum atomic E-state index is 10.6. The van der Waals surface area contributed by atoms with E-state index < -0.39 is 0 Å². The second-order valence-electron chi connectivity index (χ2n) is 7.36. The van der Waals surface area contributed by atoms with E-state index >= 15 is 0 Å². The van der Waals surface area contributed by atoms with Gasteiger partial charge in [0.2, 0.25) is 0 Å². The van der Waals surface area contributed by atoms with Crippen LogP contribution in [0.25, 0.3) is 11.0 Å². The molecule has 2 aromatic carbocycles. The van der Waals surface area contributed by atoms with Gasteiger partial charge in [-0.05, 0) is 49.5 Å². The molecule has 4 heteroatoms. The average Bonchev–Trinajstić information content (AvgIpc) is 3.03. The third kappa shape index (κ3) is 3.53. The zero-order valence-corrected chi connectivity index (χ0v) is 15.4. The van der Waals surface area contributed by atoms with Gasteiger partial charge in [0.05, 0.1) is 17.1 Å². The number of benzene rings is 2.